The summed E-state index contributed by atoms with van der Waals surface area (Å²) in [5, 5.41) is 8.47. The molecule has 0 unspecified atom stereocenters. The molecule has 80 valence electrons. The molecular formula is C12H14O3. The SMILES string of the molecule is C=CCc1ccccc1OCCC(=O)O. The lowest BCUT2D eigenvalue weighted by Crippen LogP contribution is -2.05. The minimum Gasteiger partial charge on any atom is -0.493 e. The summed E-state index contributed by atoms with van der Waals surface area (Å²) in [7, 11) is 0. The normalized spacial score (nSPS) is 9.60. The molecule has 0 saturated carbocycles. The van der Waals surface area contributed by atoms with Crippen molar-refractivity contribution in [2.45, 2.75) is 12.8 Å². The molecule has 3 nitrogen and oxygen atoms in total. The summed E-state index contributed by atoms with van der Waals surface area (Å²) in [5.41, 5.74) is 1.03. The first kappa shape index (κ1) is 11.3. The lowest BCUT2D eigenvalue weighted by molar-refractivity contribution is -0.137. The van der Waals surface area contributed by atoms with Crippen molar-refractivity contribution in [3.05, 3.63) is 42.5 Å². The molecule has 0 aromatic heterocycles. The molecule has 15 heavy (non-hydrogen) atoms. The van der Waals surface area contributed by atoms with E-state index >= 15 is 0 Å². The number of aliphatic carboxylic acids is 1. The van der Waals surface area contributed by atoms with E-state index in [2.05, 4.69) is 6.58 Å². The van der Waals surface area contributed by atoms with E-state index in [0.29, 0.717) is 0 Å². The van der Waals surface area contributed by atoms with Gasteiger partial charge in [-0.3, -0.25) is 4.79 Å². The van der Waals surface area contributed by atoms with E-state index < -0.39 is 5.97 Å². The molecule has 0 amide bonds. The van der Waals surface area contributed by atoms with Crippen molar-refractivity contribution in [3.63, 3.8) is 0 Å². The van der Waals surface area contributed by atoms with Gasteiger partial charge in [0.25, 0.3) is 0 Å². The molecule has 0 aliphatic heterocycles. The van der Waals surface area contributed by atoms with Crippen LogP contribution in [0.2, 0.25) is 0 Å². The average Bonchev–Trinajstić information content (AvgIpc) is 2.20. The second kappa shape index (κ2) is 5.86. The molecule has 3 heteroatoms. The standard InChI is InChI=1S/C12H14O3/c1-2-5-10-6-3-4-7-11(10)15-9-8-12(13)14/h2-4,6-7H,1,5,8-9H2,(H,13,14). The average molecular weight is 206 g/mol. The van der Waals surface area contributed by atoms with Crippen LogP contribution in [0.4, 0.5) is 0 Å². The Morgan fingerprint density at radius 3 is 2.87 bits per heavy atom. The zero-order chi connectivity index (χ0) is 11.1. The van der Waals surface area contributed by atoms with Gasteiger partial charge in [-0.1, -0.05) is 24.3 Å². The Balaban J connectivity index is 2.58. The maximum absolute atomic E-state index is 10.3. The summed E-state index contributed by atoms with van der Waals surface area (Å²) in [6.45, 7) is 3.85. The smallest absolute Gasteiger partial charge is 0.306 e. The molecule has 0 fully saturated rings. The van der Waals surface area contributed by atoms with Crippen molar-refractivity contribution in [2.24, 2.45) is 0 Å². The van der Waals surface area contributed by atoms with Crippen molar-refractivity contribution in [3.8, 4) is 5.75 Å². The first-order valence-corrected chi connectivity index (χ1v) is 4.77. The fourth-order valence-corrected chi connectivity index (χ4v) is 1.22. The topological polar surface area (TPSA) is 46.5 Å². The molecular weight excluding hydrogens is 192 g/mol. The molecule has 0 spiro atoms. The van der Waals surface area contributed by atoms with Crippen molar-refractivity contribution in [1.29, 1.82) is 0 Å². The van der Waals surface area contributed by atoms with Crippen LogP contribution in [0.1, 0.15) is 12.0 Å². The van der Waals surface area contributed by atoms with Gasteiger partial charge >= 0.3 is 5.97 Å². The Kier molecular flexibility index (Phi) is 4.41. The van der Waals surface area contributed by atoms with Crippen LogP contribution in [0.3, 0.4) is 0 Å². The van der Waals surface area contributed by atoms with Gasteiger partial charge in [0.15, 0.2) is 0 Å². The minimum absolute atomic E-state index is 0.0163. The summed E-state index contributed by atoms with van der Waals surface area (Å²) in [6, 6.07) is 7.56. The summed E-state index contributed by atoms with van der Waals surface area (Å²) < 4.78 is 5.37. The Labute approximate surface area is 89.0 Å². The molecule has 1 aromatic rings. The molecule has 0 bridgehead atoms. The first-order valence-electron chi connectivity index (χ1n) is 4.77. The molecule has 0 saturated heterocycles. The Hall–Kier alpha value is -1.77. The van der Waals surface area contributed by atoms with Crippen LogP contribution in [-0.4, -0.2) is 17.7 Å². The van der Waals surface area contributed by atoms with E-state index in [1.54, 1.807) is 6.08 Å². The van der Waals surface area contributed by atoms with Crippen LogP contribution in [0.5, 0.6) is 5.75 Å². The van der Waals surface area contributed by atoms with Gasteiger partial charge in [0.1, 0.15) is 5.75 Å². The van der Waals surface area contributed by atoms with Crippen molar-refractivity contribution in [2.75, 3.05) is 6.61 Å². The van der Waals surface area contributed by atoms with Crippen LogP contribution in [-0.2, 0) is 11.2 Å². The number of rotatable bonds is 6. The Morgan fingerprint density at radius 2 is 2.20 bits per heavy atom. The van der Waals surface area contributed by atoms with Gasteiger partial charge in [0.2, 0.25) is 0 Å². The minimum atomic E-state index is -0.851. The second-order valence-corrected chi connectivity index (χ2v) is 3.09. The van der Waals surface area contributed by atoms with Crippen LogP contribution in [0.15, 0.2) is 36.9 Å². The Morgan fingerprint density at radius 1 is 1.47 bits per heavy atom. The van der Waals surface area contributed by atoms with Gasteiger partial charge < -0.3 is 9.84 Å². The van der Waals surface area contributed by atoms with Gasteiger partial charge in [-0.25, -0.2) is 0 Å². The second-order valence-electron chi connectivity index (χ2n) is 3.09. The highest BCUT2D eigenvalue weighted by molar-refractivity contribution is 5.66. The summed E-state index contributed by atoms with van der Waals surface area (Å²) in [4.78, 5) is 10.3. The van der Waals surface area contributed by atoms with E-state index in [1.807, 2.05) is 24.3 Å². The van der Waals surface area contributed by atoms with Crippen LogP contribution in [0, 0.1) is 0 Å². The number of hydrogen-bond donors (Lipinski definition) is 1. The third-order valence-electron chi connectivity index (χ3n) is 1.91. The monoisotopic (exact) mass is 206 g/mol. The van der Waals surface area contributed by atoms with Gasteiger partial charge in [-0.15, -0.1) is 6.58 Å². The number of benzene rings is 1. The summed E-state index contributed by atoms with van der Waals surface area (Å²) >= 11 is 0. The fourth-order valence-electron chi connectivity index (χ4n) is 1.22. The fraction of sp³-hybridized carbons (Fsp3) is 0.250. The van der Waals surface area contributed by atoms with Gasteiger partial charge in [-0.05, 0) is 18.1 Å². The number of carbonyl (C=O) groups is 1. The molecule has 0 aliphatic carbocycles. The van der Waals surface area contributed by atoms with E-state index in [1.165, 1.54) is 0 Å². The quantitative estimate of drug-likeness (QED) is 0.726. The van der Waals surface area contributed by atoms with Gasteiger partial charge in [0.05, 0.1) is 13.0 Å². The molecule has 1 aromatic carbocycles. The van der Waals surface area contributed by atoms with Crippen LogP contribution in [0.25, 0.3) is 0 Å². The summed E-state index contributed by atoms with van der Waals surface area (Å²) in [5.74, 6) is -0.116. The number of para-hydroxylation sites is 1. The molecule has 0 atom stereocenters. The number of hydrogen-bond acceptors (Lipinski definition) is 2. The first-order chi connectivity index (χ1) is 7.24. The third kappa shape index (κ3) is 3.85. The number of carboxylic acids is 1. The zero-order valence-corrected chi connectivity index (χ0v) is 8.48. The van der Waals surface area contributed by atoms with Crippen molar-refractivity contribution in [1.82, 2.24) is 0 Å². The zero-order valence-electron chi connectivity index (χ0n) is 8.48. The molecule has 1 rings (SSSR count). The maximum atomic E-state index is 10.3. The molecule has 0 heterocycles. The third-order valence-corrected chi connectivity index (χ3v) is 1.91. The lowest BCUT2D eigenvalue weighted by Gasteiger charge is -2.08. The predicted molar refractivity (Wildman–Crippen MR) is 58.1 cm³/mol. The predicted octanol–water partition coefficient (Wildman–Crippen LogP) is 2.27. The van der Waals surface area contributed by atoms with Crippen LogP contribution >= 0.6 is 0 Å². The molecule has 0 radical (unpaired) electrons. The van der Waals surface area contributed by atoms with Gasteiger partial charge in [0, 0.05) is 0 Å². The van der Waals surface area contributed by atoms with E-state index in [4.69, 9.17) is 9.84 Å². The largest absolute Gasteiger partial charge is 0.493 e. The highest BCUT2D eigenvalue weighted by Gasteiger charge is 2.02. The number of allylic oxidation sites excluding steroid dienone is 1. The number of ether oxygens (including phenoxy) is 1. The highest BCUT2D eigenvalue weighted by Crippen LogP contribution is 2.18. The lowest BCUT2D eigenvalue weighted by atomic mass is 10.1. The van der Waals surface area contributed by atoms with E-state index in [-0.39, 0.29) is 13.0 Å². The van der Waals surface area contributed by atoms with E-state index in [0.717, 1.165) is 17.7 Å². The maximum Gasteiger partial charge on any atom is 0.306 e. The summed E-state index contributed by atoms with van der Waals surface area (Å²) in [6.07, 6.45) is 2.53. The molecule has 1 N–H and O–H groups in total. The van der Waals surface area contributed by atoms with Crippen molar-refractivity contribution >= 4 is 5.97 Å². The van der Waals surface area contributed by atoms with Crippen LogP contribution < -0.4 is 4.74 Å². The van der Waals surface area contributed by atoms with Crippen molar-refractivity contribution < 1.29 is 14.6 Å². The highest BCUT2D eigenvalue weighted by atomic mass is 16.5. The van der Waals surface area contributed by atoms with E-state index in [9.17, 15) is 4.79 Å². The Bertz CT molecular complexity index is 344. The van der Waals surface area contributed by atoms with Gasteiger partial charge in [-0.2, -0.15) is 0 Å². The number of carboxylic acid groups (broad SMARTS) is 1. The molecule has 0 aliphatic rings.